The summed E-state index contributed by atoms with van der Waals surface area (Å²) in [5, 5.41) is 5.68. The summed E-state index contributed by atoms with van der Waals surface area (Å²) in [6, 6.07) is 20.5. The van der Waals surface area contributed by atoms with Crippen molar-refractivity contribution in [2.75, 3.05) is 5.32 Å². The molecule has 2 N–H and O–H groups in total. The smallest absolute Gasteiger partial charge is 0.332 e. The fourth-order valence-electron chi connectivity index (χ4n) is 3.33. The Kier molecular flexibility index (Phi) is 6.31. The third kappa shape index (κ3) is 4.97. The molecule has 0 unspecified atom stereocenters. The molecule has 0 atom stereocenters. The third-order valence-electron chi connectivity index (χ3n) is 4.82. The summed E-state index contributed by atoms with van der Waals surface area (Å²) in [5.41, 5.74) is 0.776. The maximum atomic E-state index is 13.3. The van der Waals surface area contributed by atoms with Gasteiger partial charge < -0.3 is 5.32 Å². The monoisotopic (exact) mass is 485 g/mol. The predicted molar refractivity (Wildman–Crippen MR) is 127 cm³/mol. The van der Waals surface area contributed by atoms with Gasteiger partial charge in [-0.15, -0.1) is 0 Å². The van der Waals surface area contributed by atoms with Crippen LogP contribution in [0.15, 0.2) is 78.9 Å². The van der Waals surface area contributed by atoms with Gasteiger partial charge in [-0.2, -0.15) is 13.2 Å². The Morgan fingerprint density at radius 3 is 2.36 bits per heavy atom. The minimum Gasteiger partial charge on any atom is -0.332 e. The number of amides is 1. The van der Waals surface area contributed by atoms with Crippen molar-refractivity contribution in [2.45, 2.75) is 6.18 Å². The first kappa shape index (κ1) is 22.7. The molecule has 1 amide bonds. The Hall–Kier alpha value is -3.49. The molecule has 3 aromatic carbocycles. The highest BCUT2D eigenvalue weighted by atomic mass is 35.5. The van der Waals surface area contributed by atoms with Crippen LogP contribution in [0.4, 0.5) is 18.9 Å². The van der Waals surface area contributed by atoms with Crippen molar-refractivity contribution >= 4 is 51.4 Å². The molecule has 0 saturated heterocycles. The number of thiocarbonyl (C=S) groups is 1. The number of benzene rings is 3. The molecule has 0 spiro atoms. The van der Waals surface area contributed by atoms with Crippen molar-refractivity contribution in [3.63, 3.8) is 0 Å². The van der Waals surface area contributed by atoms with E-state index in [2.05, 4.69) is 15.6 Å². The molecule has 1 heterocycles. The number of hydrogen-bond donors (Lipinski definition) is 2. The molecule has 4 aromatic rings. The second-order valence-corrected chi connectivity index (χ2v) is 7.82. The summed E-state index contributed by atoms with van der Waals surface area (Å²) < 4.78 is 39.8. The van der Waals surface area contributed by atoms with Gasteiger partial charge in [0.1, 0.15) is 0 Å². The standard InChI is InChI=1S/C24H15ClF3N3OS/c25-18-10-4-1-8-15(18)21-13-16(14-7-2-5-11-19(14)29-21)22(32)31-23(33)30-20-12-6-3-9-17(20)24(26,27)28/h1-13H,(H2,30,31,32,33). The summed E-state index contributed by atoms with van der Waals surface area (Å²) in [4.78, 5) is 17.7. The van der Waals surface area contributed by atoms with Crippen LogP contribution >= 0.6 is 23.8 Å². The van der Waals surface area contributed by atoms with Crippen LogP contribution in [-0.4, -0.2) is 16.0 Å². The van der Waals surface area contributed by atoms with Gasteiger partial charge in [-0.25, -0.2) is 4.98 Å². The van der Waals surface area contributed by atoms with E-state index in [4.69, 9.17) is 23.8 Å². The molecule has 1 aromatic heterocycles. The van der Waals surface area contributed by atoms with E-state index < -0.39 is 17.6 Å². The highest BCUT2D eigenvalue weighted by molar-refractivity contribution is 7.80. The molecule has 0 aliphatic rings. The second-order valence-electron chi connectivity index (χ2n) is 7.00. The maximum absolute atomic E-state index is 13.3. The van der Waals surface area contributed by atoms with E-state index in [1.165, 1.54) is 18.2 Å². The van der Waals surface area contributed by atoms with Crippen LogP contribution < -0.4 is 10.6 Å². The summed E-state index contributed by atoms with van der Waals surface area (Å²) in [6.07, 6.45) is -4.58. The Labute approximate surface area is 197 Å². The Morgan fingerprint density at radius 2 is 1.61 bits per heavy atom. The number of para-hydroxylation sites is 2. The molecule has 0 saturated carbocycles. The summed E-state index contributed by atoms with van der Waals surface area (Å²) in [6.45, 7) is 0. The number of nitrogens with zero attached hydrogens (tertiary/aromatic N) is 1. The first-order chi connectivity index (χ1) is 15.7. The summed E-state index contributed by atoms with van der Waals surface area (Å²) >= 11 is 11.4. The van der Waals surface area contributed by atoms with E-state index >= 15 is 0 Å². The van der Waals surface area contributed by atoms with Gasteiger partial charge in [0, 0.05) is 16.0 Å². The normalized spacial score (nSPS) is 11.3. The van der Waals surface area contributed by atoms with Crippen LogP contribution in [0.25, 0.3) is 22.2 Å². The van der Waals surface area contributed by atoms with Crippen LogP contribution in [-0.2, 0) is 6.18 Å². The van der Waals surface area contributed by atoms with Gasteiger partial charge in [-0.3, -0.25) is 10.1 Å². The van der Waals surface area contributed by atoms with Crippen molar-refractivity contribution in [2.24, 2.45) is 0 Å². The molecule has 166 valence electrons. The zero-order chi connectivity index (χ0) is 23.6. The molecular formula is C24H15ClF3N3OS. The number of pyridine rings is 1. The number of nitrogens with one attached hydrogen (secondary N) is 2. The molecular weight excluding hydrogens is 471 g/mol. The number of rotatable bonds is 3. The SMILES string of the molecule is O=C(NC(=S)Nc1ccccc1C(F)(F)F)c1cc(-c2ccccc2Cl)nc2ccccc12. The van der Waals surface area contributed by atoms with E-state index in [1.807, 2.05) is 0 Å². The van der Waals surface area contributed by atoms with E-state index in [0.29, 0.717) is 27.2 Å². The van der Waals surface area contributed by atoms with E-state index in [1.54, 1.807) is 54.6 Å². The lowest BCUT2D eigenvalue weighted by atomic mass is 10.0. The minimum atomic E-state index is -4.58. The van der Waals surface area contributed by atoms with Gasteiger partial charge in [0.25, 0.3) is 5.91 Å². The van der Waals surface area contributed by atoms with Crippen molar-refractivity contribution in [1.29, 1.82) is 0 Å². The first-order valence-corrected chi connectivity index (χ1v) is 10.5. The maximum Gasteiger partial charge on any atom is 0.418 e. The molecule has 0 bridgehead atoms. The zero-order valence-corrected chi connectivity index (χ0v) is 18.4. The molecule has 0 radical (unpaired) electrons. The summed E-state index contributed by atoms with van der Waals surface area (Å²) in [7, 11) is 0. The third-order valence-corrected chi connectivity index (χ3v) is 5.35. The van der Waals surface area contributed by atoms with Crippen LogP contribution in [0, 0.1) is 0 Å². The van der Waals surface area contributed by atoms with Gasteiger partial charge in [0.2, 0.25) is 0 Å². The van der Waals surface area contributed by atoms with Crippen LogP contribution in [0.2, 0.25) is 5.02 Å². The van der Waals surface area contributed by atoms with Gasteiger partial charge in [0.15, 0.2) is 5.11 Å². The van der Waals surface area contributed by atoms with Crippen molar-refractivity contribution in [3.05, 3.63) is 95.0 Å². The van der Waals surface area contributed by atoms with E-state index in [-0.39, 0.29) is 16.4 Å². The van der Waals surface area contributed by atoms with Gasteiger partial charge in [0.05, 0.1) is 28.0 Å². The van der Waals surface area contributed by atoms with Crippen molar-refractivity contribution in [1.82, 2.24) is 10.3 Å². The molecule has 33 heavy (non-hydrogen) atoms. The van der Waals surface area contributed by atoms with E-state index in [9.17, 15) is 18.0 Å². The molecule has 0 fully saturated rings. The van der Waals surface area contributed by atoms with Crippen LogP contribution in [0.3, 0.4) is 0 Å². The first-order valence-electron chi connectivity index (χ1n) is 9.67. The zero-order valence-electron chi connectivity index (χ0n) is 16.8. The fourth-order valence-corrected chi connectivity index (χ4v) is 3.77. The number of aromatic nitrogens is 1. The molecule has 4 nitrogen and oxygen atoms in total. The largest absolute Gasteiger partial charge is 0.418 e. The molecule has 9 heteroatoms. The van der Waals surface area contributed by atoms with Crippen molar-refractivity contribution in [3.8, 4) is 11.3 Å². The van der Waals surface area contributed by atoms with Crippen LogP contribution in [0.5, 0.6) is 0 Å². The average molecular weight is 486 g/mol. The lowest BCUT2D eigenvalue weighted by Crippen LogP contribution is -2.34. The molecule has 4 rings (SSSR count). The molecule has 0 aliphatic carbocycles. The number of carbonyl (C=O) groups is 1. The lowest BCUT2D eigenvalue weighted by molar-refractivity contribution is -0.136. The number of carbonyl (C=O) groups excluding carboxylic acids is 1. The van der Waals surface area contributed by atoms with Gasteiger partial charge in [-0.1, -0.05) is 60.1 Å². The fraction of sp³-hybridized carbons (Fsp3) is 0.0417. The predicted octanol–water partition coefficient (Wildman–Crippen LogP) is 6.70. The van der Waals surface area contributed by atoms with Gasteiger partial charge >= 0.3 is 6.18 Å². The lowest BCUT2D eigenvalue weighted by Gasteiger charge is -2.16. The minimum absolute atomic E-state index is 0.253. The number of alkyl halides is 3. The number of anilines is 1. The number of hydrogen-bond acceptors (Lipinski definition) is 3. The van der Waals surface area contributed by atoms with Crippen LogP contribution in [0.1, 0.15) is 15.9 Å². The Balaban J connectivity index is 1.66. The Morgan fingerprint density at radius 1 is 0.939 bits per heavy atom. The topological polar surface area (TPSA) is 54.0 Å². The van der Waals surface area contributed by atoms with Gasteiger partial charge in [-0.05, 0) is 42.5 Å². The summed E-state index contributed by atoms with van der Waals surface area (Å²) in [5.74, 6) is -0.594. The number of fused-ring (bicyclic) bond motifs is 1. The Bertz CT molecular complexity index is 1370. The number of halogens is 4. The second kappa shape index (κ2) is 9.17. The highest BCUT2D eigenvalue weighted by Crippen LogP contribution is 2.34. The van der Waals surface area contributed by atoms with Crippen molar-refractivity contribution < 1.29 is 18.0 Å². The van der Waals surface area contributed by atoms with E-state index in [0.717, 1.165) is 6.07 Å². The highest BCUT2D eigenvalue weighted by Gasteiger charge is 2.33. The quantitative estimate of drug-likeness (QED) is 0.317. The average Bonchev–Trinajstić information content (AvgIpc) is 2.78. The molecule has 0 aliphatic heterocycles.